The molecule has 0 saturated carbocycles. The SMILES string of the molecule is CC(C)c1nc2cc(NC(=O)c3ccn[nH]3)ccc2o1. The summed E-state index contributed by atoms with van der Waals surface area (Å²) in [6.45, 7) is 4.04. The molecule has 0 aliphatic heterocycles. The smallest absolute Gasteiger partial charge is 0.273 e. The number of H-pyrrole nitrogens is 1. The molecule has 102 valence electrons. The summed E-state index contributed by atoms with van der Waals surface area (Å²) < 4.78 is 5.62. The lowest BCUT2D eigenvalue weighted by Crippen LogP contribution is -2.12. The second kappa shape index (κ2) is 4.80. The Bertz CT molecular complexity index is 744. The zero-order valence-electron chi connectivity index (χ0n) is 11.2. The van der Waals surface area contributed by atoms with Gasteiger partial charge in [-0.15, -0.1) is 0 Å². The lowest BCUT2D eigenvalue weighted by molar-refractivity contribution is 0.102. The van der Waals surface area contributed by atoms with Crippen LogP contribution in [0.2, 0.25) is 0 Å². The Labute approximate surface area is 115 Å². The van der Waals surface area contributed by atoms with Gasteiger partial charge in [-0.1, -0.05) is 13.8 Å². The van der Waals surface area contributed by atoms with Gasteiger partial charge >= 0.3 is 0 Å². The molecule has 0 atom stereocenters. The number of nitrogens with one attached hydrogen (secondary N) is 2. The van der Waals surface area contributed by atoms with Gasteiger partial charge in [0.2, 0.25) is 0 Å². The van der Waals surface area contributed by atoms with E-state index in [4.69, 9.17) is 4.42 Å². The number of hydrogen-bond donors (Lipinski definition) is 2. The number of carbonyl (C=O) groups is 1. The molecule has 0 aliphatic rings. The fourth-order valence-electron chi connectivity index (χ4n) is 1.85. The van der Waals surface area contributed by atoms with E-state index >= 15 is 0 Å². The first-order chi connectivity index (χ1) is 9.63. The van der Waals surface area contributed by atoms with Crippen LogP contribution < -0.4 is 5.32 Å². The van der Waals surface area contributed by atoms with Gasteiger partial charge in [-0.25, -0.2) is 4.98 Å². The highest BCUT2D eigenvalue weighted by atomic mass is 16.3. The highest BCUT2D eigenvalue weighted by Gasteiger charge is 2.11. The molecular formula is C14H14N4O2. The first kappa shape index (κ1) is 12.4. The summed E-state index contributed by atoms with van der Waals surface area (Å²) in [5, 5.41) is 9.14. The molecule has 6 heteroatoms. The van der Waals surface area contributed by atoms with Crippen molar-refractivity contribution in [2.75, 3.05) is 5.32 Å². The van der Waals surface area contributed by atoms with Crippen LogP contribution in [0.5, 0.6) is 0 Å². The normalized spacial score (nSPS) is 11.2. The molecule has 0 radical (unpaired) electrons. The van der Waals surface area contributed by atoms with Gasteiger partial charge in [-0.3, -0.25) is 9.89 Å². The molecule has 0 fully saturated rings. The minimum Gasteiger partial charge on any atom is -0.440 e. The minimum absolute atomic E-state index is 0.227. The number of nitrogens with zero attached hydrogens (tertiary/aromatic N) is 2. The zero-order valence-corrected chi connectivity index (χ0v) is 11.2. The molecule has 2 N–H and O–H groups in total. The maximum atomic E-state index is 11.9. The summed E-state index contributed by atoms with van der Waals surface area (Å²) in [4.78, 5) is 16.3. The topological polar surface area (TPSA) is 83.8 Å². The Morgan fingerprint density at radius 1 is 1.35 bits per heavy atom. The van der Waals surface area contributed by atoms with Crippen LogP contribution in [-0.4, -0.2) is 21.1 Å². The molecule has 20 heavy (non-hydrogen) atoms. The molecule has 0 spiro atoms. The Balaban J connectivity index is 1.87. The van der Waals surface area contributed by atoms with E-state index < -0.39 is 0 Å². The lowest BCUT2D eigenvalue weighted by atomic mass is 10.2. The van der Waals surface area contributed by atoms with Gasteiger partial charge in [0.1, 0.15) is 11.2 Å². The molecule has 2 aromatic heterocycles. The van der Waals surface area contributed by atoms with E-state index in [0.717, 1.165) is 5.52 Å². The van der Waals surface area contributed by atoms with Gasteiger partial charge in [0.05, 0.1) is 0 Å². The maximum absolute atomic E-state index is 11.9. The van der Waals surface area contributed by atoms with Crippen LogP contribution in [-0.2, 0) is 0 Å². The number of aromatic nitrogens is 3. The Kier molecular flexibility index (Phi) is 2.98. The van der Waals surface area contributed by atoms with Crippen LogP contribution >= 0.6 is 0 Å². The summed E-state index contributed by atoms with van der Waals surface area (Å²) in [6, 6.07) is 6.99. The van der Waals surface area contributed by atoms with Crippen LogP contribution in [0.4, 0.5) is 5.69 Å². The Hall–Kier alpha value is -2.63. The molecule has 3 aromatic rings. The predicted octanol–water partition coefficient (Wildman–Crippen LogP) is 2.93. The van der Waals surface area contributed by atoms with E-state index in [1.54, 1.807) is 24.3 Å². The molecule has 6 nitrogen and oxygen atoms in total. The van der Waals surface area contributed by atoms with Crippen LogP contribution in [0, 0.1) is 0 Å². The van der Waals surface area contributed by atoms with E-state index in [2.05, 4.69) is 20.5 Å². The highest BCUT2D eigenvalue weighted by molar-refractivity contribution is 6.03. The average molecular weight is 270 g/mol. The molecular weight excluding hydrogens is 256 g/mol. The number of carbonyl (C=O) groups excluding carboxylic acids is 1. The van der Waals surface area contributed by atoms with E-state index in [1.165, 1.54) is 6.20 Å². The minimum atomic E-state index is -0.241. The van der Waals surface area contributed by atoms with Crippen molar-refractivity contribution in [3.8, 4) is 0 Å². The van der Waals surface area contributed by atoms with Crippen molar-refractivity contribution in [3.05, 3.63) is 42.0 Å². The lowest BCUT2D eigenvalue weighted by Gasteiger charge is -2.02. The molecule has 2 heterocycles. The summed E-state index contributed by atoms with van der Waals surface area (Å²) in [6.07, 6.45) is 1.53. The first-order valence-corrected chi connectivity index (χ1v) is 6.34. The average Bonchev–Trinajstić information content (AvgIpc) is 3.07. The van der Waals surface area contributed by atoms with Crippen molar-refractivity contribution in [2.24, 2.45) is 0 Å². The molecule has 0 saturated heterocycles. The van der Waals surface area contributed by atoms with Crippen molar-refractivity contribution in [1.29, 1.82) is 0 Å². The zero-order chi connectivity index (χ0) is 14.1. The van der Waals surface area contributed by atoms with Crippen molar-refractivity contribution >= 4 is 22.7 Å². The third-order valence-electron chi connectivity index (χ3n) is 2.90. The number of amides is 1. The van der Waals surface area contributed by atoms with E-state index in [-0.39, 0.29) is 11.8 Å². The number of benzene rings is 1. The van der Waals surface area contributed by atoms with Gasteiger partial charge in [0, 0.05) is 17.8 Å². The van der Waals surface area contributed by atoms with Crippen molar-refractivity contribution < 1.29 is 9.21 Å². The van der Waals surface area contributed by atoms with Crippen molar-refractivity contribution in [2.45, 2.75) is 19.8 Å². The third-order valence-corrected chi connectivity index (χ3v) is 2.90. The summed E-state index contributed by atoms with van der Waals surface area (Å²) in [7, 11) is 0. The van der Waals surface area contributed by atoms with Gasteiger partial charge in [-0.05, 0) is 24.3 Å². The summed E-state index contributed by atoms with van der Waals surface area (Å²) >= 11 is 0. The number of oxazole rings is 1. The molecule has 3 rings (SSSR count). The third kappa shape index (κ3) is 2.27. The number of hydrogen-bond acceptors (Lipinski definition) is 4. The number of fused-ring (bicyclic) bond motifs is 1. The van der Waals surface area contributed by atoms with Gasteiger partial charge in [0.25, 0.3) is 5.91 Å². The van der Waals surface area contributed by atoms with Crippen LogP contribution in [0.25, 0.3) is 11.1 Å². The number of rotatable bonds is 3. The Morgan fingerprint density at radius 3 is 2.90 bits per heavy atom. The van der Waals surface area contributed by atoms with Crippen LogP contribution in [0.15, 0.2) is 34.9 Å². The van der Waals surface area contributed by atoms with Gasteiger partial charge in [0.15, 0.2) is 11.5 Å². The maximum Gasteiger partial charge on any atom is 0.273 e. The molecule has 1 aromatic carbocycles. The summed E-state index contributed by atoms with van der Waals surface area (Å²) in [5.74, 6) is 0.678. The fraction of sp³-hybridized carbons (Fsp3) is 0.214. The van der Waals surface area contributed by atoms with Crippen molar-refractivity contribution in [3.63, 3.8) is 0 Å². The monoisotopic (exact) mass is 270 g/mol. The Morgan fingerprint density at radius 2 is 2.20 bits per heavy atom. The second-order valence-electron chi connectivity index (χ2n) is 4.81. The standard InChI is InChI=1S/C14H14N4O2/c1-8(2)14-17-11-7-9(3-4-12(11)20-14)16-13(19)10-5-6-15-18-10/h3-8H,1-2H3,(H,15,18)(H,16,19). The summed E-state index contributed by atoms with van der Waals surface area (Å²) in [5.41, 5.74) is 2.53. The second-order valence-corrected chi connectivity index (χ2v) is 4.81. The van der Waals surface area contributed by atoms with Crippen LogP contribution in [0.1, 0.15) is 36.1 Å². The quantitative estimate of drug-likeness (QED) is 0.766. The van der Waals surface area contributed by atoms with Gasteiger partial charge < -0.3 is 9.73 Å². The number of aromatic amines is 1. The first-order valence-electron chi connectivity index (χ1n) is 6.34. The molecule has 0 bridgehead atoms. The fourth-order valence-corrected chi connectivity index (χ4v) is 1.85. The van der Waals surface area contributed by atoms with Crippen molar-refractivity contribution in [1.82, 2.24) is 15.2 Å². The largest absolute Gasteiger partial charge is 0.440 e. The number of anilines is 1. The van der Waals surface area contributed by atoms with Crippen LogP contribution in [0.3, 0.4) is 0 Å². The van der Waals surface area contributed by atoms with Gasteiger partial charge in [-0.2, -0.15) is 5.10 Å². The van der Waals surface area contributed by atoms with E-state index in [0.29, 0.717) is 22.9 Å². The van der Waals surface area contributed by atoms with E-state index in [1.807, 2.05) is 13.8 Å². The molecule has 0 aliphatic carbocycles. The highest BCUT2D eigenvalue weighted by Crippen LogP contribution is 2.23. The predicted molar refractivity (Wildman–Crippen MR) is 74.6 cm³/mol. The molecule has 1 amide bonds. The molecule has 0 unspecified atom stereocenters. The van der Waals surface area contributed by atoms with E-state index in [9.17, 15) is 4.79 Å².